The Balaban J connectivity index is 1.01. The van der Waals surface area contributed by atoms with Crippen LogP contribution in [-0.4, -0.2) is 5.60 Å². The molecule has 0 saturated heterocycles. The first-order valence-corrected chi connectivity index (χ1v) is 18.7. The number of anilines is 3. The number of para-hydroxylation sites is 1. The number of benzene rings is 7. The fraction of sp³-hybridized carbons (Fsp3) is 0.0612. The molecule has 3 heteroatoms. The van der Waals surface area contributed by atoms with E-state index in [9.17, 15) is 0 Å². The van der Waals surface area contributed by atoms with Crippen molar-refractivity contribution in [2.45, 2.75) is 18.9 Å². The Morgan fingerprint density at radius 3 is 1.81 bits per heavy atom. The van der Waals surface area contributed by atoms with Crippen LogP contribution in [0.5, 0.6) is 5.75 Å². The van der Waals surface area contributed by atoms with Crippen molar-refractivity contribution >= 4 is 59.7 Å². The third-order valence-electron chi connectivity index (χ3n) is 10.6. The van der Waals surface area contributed by atoms with Crippen LogP contribution in [0, 0.1) is 0 Å². The van der Waals surface area contributed by atoms with Crippen molar-refractivity contribution < 1.29 is 4.74 Å². The van der Waals surface area contributed by atoms with Gasteiger partial charge in [-0.25, -0.2) is 0 Å². The lowest BCUT2D eigenvalue weighted by Gasteiger charge is -2.29. The van der Waals surface area contributed by atoms with Crippen molar-refractivity contribution in [1.82, 2.24) is 0 Å². The molecule has 0 saturated carbocycles. The first-order valence-electron chi connectivity index (χ1n) is 17.9. The van der Waals surface area contributed by atoms with E-state index < -0.39 is 0 Å². The Bertz CT molecular complexity index is 2670. The van der Waals surface area contributed by atoms with Gasteiger partial charge >= 0.3 is 0 Å². The van der Waals surface area contributed by atoms with Crippen LogP contribution < -0.4 is 9.64 Å². The SMILES string of the molecule is CC12CC=C(c3ccc(N(c4ccc(-c5ccccc5)cc4)c4ccc(-c5ccc6sc7ccccc7c6c5)cc4)cc3)C=C1c1ccccc1O2. The van der Waals surface area contributed by atoms with Gasteiger partial charge < -0.3 is 9.64 Å². The van der Waals surface area contributed by atoms with E-state index in [1.54, 1.807) is 0 Å². The van der Waals surface area contributed by atoms with E-state index in [-0.39, 0.29) is 5.60 Å². The molecule has 1 aromatic heterocycles. The van der Waals surface area contributed by atoms with E-state index in [2.05, 4.69) is 188 Å². The lowest BCUT2D eigenvalue weighted by Crippen LogP contribution is -2.30. The zero-order valence-corrected chi connectivity index (χ0v) is 29.6. The summed E-state index contributed by atoms with van der Waals surface area (Å²) in [5.41, 5.74) is 12.8. The summed E-state index contributed by atoms with van der Waals surface area (Å²) in [6, 6.07) is 61.4. The molecule has 7 aromatic carbocycles. The lowest BCUT2D eigenvalue weighted by molar-refractivity contribution is 0.170. The fourth-order valence-electron chi connectivity index (χ4n) is 7.86. The normalized spacial score (nSPS) is 16.2. The van der Waals surface area contributed by atoms with E-state index in [1.165, 1.54) is 64.7 Å². The first kappa shape index (κ1) is 30.6. The number of allylic oxidation sites excluding steroid dienone is 2. The van der Waals surface area contributed by atoms with Gasteiger partial charge in [0.2, 0.25) is 0 Å². The molecule has 1 atom stereocenters. The number of hydrogen-bond donors (Lipinski definition) is 0. The second-order valence-corrected chi connectivity index (χ2v) is 15.0. The third kappa shape index (κ3) is 5.25. The quantitative estimate of drug-likeness (QED) is 0.173. The number of ether oxygens (including phenoxy) is 1. The van der Waals surface area contributed by atoms with E-state index >= 15 is 0 Å². The molecule has 2 aliphatic rings. The predicted molar refractivity (Wildman–Crippen MR) is 221 cm³/mol. The molecule has 0 bridgehead atoms. The van der Waals surface area contributed by atoms with Gasteiger partial charge in [-0.3, -0.25) is 0 Å². The van der Waals surface area contributed by atoms with Gasteiger partial charge in [-0.15, -0.1) is 11.3 Å². The van der Waals surface area contributed by atoms with Crippen molar-refractivity contribution in [3.05, 3.63) is 193 Å². The molecule has 52 heavy (non-hydrogen) atoms. The summed E-state index contributed by atoms with van der Waals surface area (Å²) in [7, 11) is 0. The fourth-order valence-corrected chi connectivity index (χ4v) is 8.94. The van der Waals surface area contributed by atoms with Crippen LogP contribution in [0.25, 0.3) is 53.6 Å². The minimum atomic E-state index is -0.314. The molecule has 10 rings (SSSR count). The van der Waals surface area contributed by atoms with E-state index in [1.807, 2.05) is 17.4 Å². The van der Waals surface area contributed by atoms with Crippen molar-refractivity contribution in [3.8, 4) is 28.0 Å². The summed E-state index contributed by atoms with van der Waals surface area (Å²) in [5, 5.41) is 2.64. The molecule has 8 aromatic rings. The number of hydrogen-bond acceptors (Lipinski definition) is 3. The Hall–Kier alpha value is -6.16. The second-order valence-electron chi connectivity index (χ2n) is 13.9. The monoisotopic (exact) mass is 685 g/mol. The highest BCUT2D eigenvalue weighted by Crippen LogP contribution is 2.49. The summed E-state index contributed by atoms with van der Waals surface area (Å²) in [6.07, 6.45) is 5.48. The Labute approximate surface area is 308 Å². The van der Waals surface area contributed by atoms with Gasteiger partial charge in [-0.2, -0.15) is 0 Å². The van der Waals surface area contributed by atoms with Gasteiger partial charge in [-0.1, -0.05) is 115 Å². The molecule has 0 N–H and O–H groups in total. The average molecular weight is 686 g/mol. The van der Waals surface area contributed by atoms with Crippen LogP contribution in [0.4, 0.5) is 17.1 Å². The average Bonchev–Trinajstić information content (AvgIpc) is 3.73. The molecule has 248 valence electrons. The van der Waals surface area contributed by atoms with E-state index in [0.29, 0.717) is 0 Å². The standard InChI is InChI=1S/C49H35NOS/c1-49-30-29-38(32-45(49)43-12-5-7-13-46(43)51-49)36-19-26-41(27-20-36)50(39-22-15-34(16-23-39)33-9-3-2-4-10-33)40-24-17-35(18-25-40)37-21-28-48-44(31-37)42-11-6-8-14-47(42)52-48/h2-29,31-32H,30H2,1H3. The molecule has 1 aliphatic carbocycles. The van der Waals surface area contributed by atoms with Gasteiger partial charge in [0.25, 0.3) is 0 Å². The van der Waals surface area contributed by atoms with E-state index in [4.69, 9.17) is 4.74 Å². The minimum Gasteiger partial charge on any atom is -0.482 e. The molecule has 0 radical (unpaired) electrons. The summed E-state index contributed by atoms with van der Waals surface area (Å²) < 4.78 is 9.07. The number of nitrogens with zero attached hydrogens (tertiary/aromatic N) is 1. The summed E-state index contributed by atoms with van der Waals surface area (Å²) in [5.74, 6) is 0.974. The van der Waals surface area contributed by atoms with Crippen LogP contribution >= 0.6 is 11.3 Å². The van der Waals surface area contributed by atoms with Crippen LogP contribution in [0.15, 0.2) is 182 Å². The summed E-state index contributed by atoms with van der Waals surface area (Å²) >= 11 is 1.86. The highest BCUT2D eigenvalue weighted by Gasteiger charge is 2.40. The molecular weight excluding hydrogens is 651 g/mol. The summed E-state index contributed by atoms with van der Waals surface area (Å²) in [6.45, 7) is 2.20. The van der Waals surface area contributed by atoms with Crippen LogP contribution in [0.3, 0.4) is 0 Å². The van der Waals surface area contributed by atoms with Crippen molar-refractivity contribution in [1.29, 1.82) is 0 Å². The molecule has 0 spiro atoms. The van der Waals surface area contributed by atoms with Crippen LogP contribution in [0.2, 0.25) is 0 Å². The summed E-state index contributed by atoms with van der Waals surface area (Å²) in [4.78, 5) is 2.35. The molecule has 2 heterocycles. The third-order valence-corrected chi connectivity index (χ3v) is 11.8. The van der Waals surface area contributed by atoms with Gasteiger partial charge in [-0.05, 0) is 107 Å². The lowest BCUT2D eigenvalue weighted by atomic mass is 9.82. The molecule has 1 unspecified atom stereocenters. The van der Waals surface area contributed by atoms with Crippen molar-refractivity contribution in [3.63, 3.8) is 0 Å². The van der Waals surface area contributed by atoms with Crippen LogP contribution in [-0.2, 0) is 0 Å². The number of thiophene rings is 1. The van der Waals surface area contributed by atoms with Gasteiger partial charge in [0, 0.05) is 54.8 Å². The second kappa shape index (κ2) is 12.3. The maximum atomic E-state index is 6.42. The Morgan fingerprint density at radius 1 is 0.519 bits per heavy atom. The predicted octanol–water partition coefficient (Wildman–Crippen LogP) is 13.9. The largest absolute Gasteiger partial charge is 0.482 e. The molecule has 1 aliphatic heterocycles. The molecule has 0 amide bonds. The maximum Gasteiger partial charge on any atom is 0.135 e. The minimum absolute atomic E-state index is 0.314. The first-order chi connectivity index (χ1) is 25.6. The van der Waals surface area contributed by atoms with Gasteiger partial charge in [0.05, 0.1) is 0 Å². The maximum absolute atomic E-state index is 6.42. The zero-order chi connectivity index (χ0) is 34.6. The van der Waals surface area contributed by atoms with Crippen molar-refractivity contribution in [2.24, 2.45) is 0 Å². The highest BCUT2D eigenvalue weighted by molar-refractivity contribution is 7.25. The zero-order valence-electron chi connectivity index (χ0n) is 28.8. The smallest absolute Gasteiger partial charge is 0.135 e. The van der Waals surface area contributed by atoms with E-state index in [0.717, 1.165) is 29.2 Å². The number of fused-ring (bicyclic) bond motifs is 6. The molecular formula is C49H35NOS. The molecule has 0 fully saturated rings. The van der Waals surface area contributed by atoms with Crippen molar-refractivity contribution in [2.75, 3.05) is 4.90 Å². The van der Waals surface area contributed by atoms with Gasteiger partial charge in [0.15, 0.2) is 0 Å². The van der Waals surface area contributed by atoms with Crippen LogP contribution in [0.1, 0.15) is 24.5 Å². The number of rotatable bonds is 6. The van der Waals surface area contributed by atoms with Gasteiger partial charge in [0.1, 0.15) is 11.4 Å². The Kier molecular flexibility index (Phi) is 7.23. The molecule has 2 nitrogen and oxygen atoms in total. The topological polar surface area (TPSA) is 12.5 Å². The Morgan fingerprint density at radius 2 is 1.08 bits per heavy atom. The highest BCUT2D eigenvalue weighted by atomic mass is 32.1.